The Morgan fingerprint density at radius 3 is 2.37 bits per heavy atom. The summed E-state index contributed by atoms with van der Waals surface area (Å²) in [6.45, 7) is 2.63. The van der Waals surface area contributed by atoms with Gasteiger partial charge in [-0.3, -0.25) is 9.78 Å². The quantitative estimate of drug-likeness (QED) is 0.146. The molecule has 1 aromatic heterocycles. The molecule has 236 valence electrons. The number of amides is 1. The number of aliphatic hydroxyl groups excluding tert-OH is 2. The fourth-order valence-corrected chi connectivity index (χ4v) is 6.52. The first-order chi connectivity index (χ1) is 22.5. The Morgan fingerprint density at radius 1 is 0.848 bits per heavy atom. The second-order valence-corrected chi connectivity index (χ2v) is 12.5. The molecule has 0 aliphatic carbocycles. The molecule has 5 aromatic rings. The Morgan fingerprint density at radius 2 is 1.61 bits per heavy atom. The van der Waals surface area contributed by atoms with E-state index in [0.717, 1.165) is 44.7 Å². The smallest absolute Gasteiger partial charge is 0.271 e. The molecule has 9 heteroatoms. The average Bonchev–Trinajstić information content (AvgIpc) is 3.11. The Balaban J connectivity index is 1.14. The molecule has 1 fully saturated rings. The molecule has 0 bridgehead atoms. The maximum absolute atomic E-state index is 12.8. The van der Waals surface area contributed by atoms with Gasteiger partial charge in [-0.2, -0.15) is 11.8 Å². The third-order valence-corrected chi connectivity index (χ3v) is 9.25. The number of hydrogen-bond acceptors (Lipinski definition) is 8. The molecule has 1 saturated heterocycles. The molecule has 1 aliphatic rings. The molecule has 4 atom stereocenters. The van der Waals surface area contributed by atoms with Crippen molar-refractivity contribution in [3.8, 4) is 11.1 Å². The summed E-state index contributed by atoms with van der Waals surface area (Å²) in [5, 5.41) is 21.8. The fraction of sp³-hybridized carbons (Fsp3) is 0.270. The molecule has 1 amide bonds. The fourth-order valence-electron chi connectivity index (χ4n) is 5.61. The number of aromatic nitrogens is 2. The van der Waals surface area contributed by atoms with E-state index < -0.39 is 6.29 Å². The van der Waals surface area contributed by atoms with Crippen LogP contribution < -0.4 is 5.32 Å². The van der Waals surface area contributed by atoms with Crippen molar-refractivity contribution < 1.29 is 24.5 Å². The third-order valence-electron chi connectivity index (χ3n) is 8.22. The Hall–Kier alpha value is -4.12. The summed E-state index contributed by atoms with van der Waals surface area (Å²) < 4.78 is 13.1. The molecule has 1 aliphatic heterocycles. The minimum absolute atomic E-state index is 0.00206. The van der Waals surface area contributed by atoms with Crippen LogP contribution in [0.1, 0.15) is 52.1 Å². The Kier molecular flexibility index (Phi) is 10.4. The number of hydrogen-bond donors (Lipinski definition) is 3. The number of carbonyl (C=O) groups excluding carboxylic acids is 1. The van der Waals surface area contributed by atoms with Gasteiger partial charge >= 0.3 is 0 Å². The minimum Gasteiger partial charge on any atom is -0.396 e. The van der Waals surface area contributed by atoms with Gasteiger partial charge in [0.15, 0.2) is 6.29 Å². The maximum Gasteiger partial charge on any atom is 0.271 e. The van der Waals surface area contributed by atoms with Crippen molar-refractivity contribution in [2.75, 3.05) is 18.1 Å². The van der Waals surface area contributed by atoms with Gasteiger partial charge in [0, 0.05) is 29.5 Å². The van der Waals surface area contributed by atoms with Gasteiger partial charge in [-0.25, -0.2) is 4.98 Å². The van der Waals surface area contributed by atoms with E-state index >= 15 is 0 Å². The van der Waals surface area contributed by atoms with Crippen LogP contribution in [0.25, 0.3) is 22.2 Å². The third kappa shape index (κ3) is 7.46. The maximum atomic E-state index is 12.8. The van der Waals surface area contributed by atoms with Crippen LogP contribution in [0.4, 0.5) is 0 Å². The molecule has 46 heavy (non-hydrogen) atoms. The standard InChI is InChI=1S/C37H37N3O5S/c1-24-34(23-46-18-17-41)44-37(45-35(24)28-11-9-25(22-42)10-12-28)29-15-13-27(14-16-29)30-6-4-5-26(19-30)20-39-36(43)33-21-38-31-7-2-3-8-32(31)40-33/h2-16,19,21,24,34-35,37,41-42H,17-18,20,22-23H2,1H3,(H,39,43)/t24-,34+,35+,37+/m0/s1. The highest BCUT2D eigenvalue weighted by Gasteiger charge is 2.38. The predicted octanol–water partition coefficient (Wildman–Crippen LogP) is 6.24. The Bertz CT molecular complexity index is 1770. The number of rotatable bonds is 11. The molecule has 2 heterocycles. The van der Waals surface area contributed by atoms with Gasteiger partial charge in [-0.15, -0.1) is 0 Å². The Labute approximate surface area is 272 Å². The lowest BCUT2D eigenvalue weighted by atomic mass is 9.91. The molecule has 0 saturated carbocycles. The predicted molar refractivity (Wildman–Crippen MR) is 180 cm³/mol. The van der Waals surface area contributed by atoms with E-state index in [2.05, 4.69) is 40.4 Å². The van der Waals surface area contributed by atoms with Gasteiger partial charge in [0.1, 0.15) is 5.69 Å². The van der Waals surface area contributed by atoms with E-state index in [1.165, 1.54) is 6.20 Å². The largest absolute Gasteiger partial charge is 0.396 e. The van der Waals surface area contributed by atoms with E-state index in [-0.39, 0.29) is 42.9 Å². The molecule has 0 unspecified atom stereocenters. The van der Waals surface area contributed by atoms with Gasteiger partial charge in [0.05, 0.1) is 42.7 Å². The van der Waals surface area contributed by atoms with Crippen molar-refractivity contribution in [3.05, 3.63) is 131 Å². The lowest BCUT2D eigenvalue weighted by molar-refractivity contribution is -0.268. The molecular formula is C37H37N3O5S. The monoisotopic (exact) mass is 635 g/mol. The molecule has 6 rings (SSSR count). The summed E-state index contributed by atoms with van der Waals surface area (Å²) in [6.07, 6.45) is 0.706. The summed E-state index contributed by atoms with van der Waals surface area (Å²) in [5.74, 6) is 1.23. The number of aliphatic hydroxyl groups is 2. The van der Waals surface area contributed by atoms with Crippen LogP contribution in [-0.4, -0.2) is 50.3 Å². The van der Waals surface area contributed by atoms with Crippen LogP contribution in [0, 0.1) is 5.92 Å². The number of para-hydroxylation sites is 2. The summed E-state index contributed by atoms with van der Waals surface area (Å²) in [6, 6.07) is 31.6. The number of ether oxygens (including phenoxy) is 2. The van der Waals surface area contributed by atoms with E-state index in [0.29, 0.717) is 17.8 Å². The lowest BCUT2D eigenvalue weighted by Crippen LogP contribution is -2.38. The SMILES string of the molecule is C[C@H]1[C@@H](CSCCO)O[C@@H](c2ccc(-c3cccc(CNC(=O)c4cnc5ccccc5n4)c3)cc2)O[C@H]1c1ccc(CO)cc1. The number of benzene rings is 4. The highest BCUT2D eigenvalue weighted by atomic mass is 32.2. The summed E-state index contributed by atoms with van der Waals surface area (Å²) in [7, 11) is 0. The van der Waals surface area contributed by atoms with Crippen molar-refractivity contribution in [1.82, 2.24) is 15.3 Å². The lowest BCUT2D eigenvalue weighted by Gasteiger charge is -2.41. The normalized spacial score (nSPS) is 19.6. The van der Waals surface area contributed by atoms with Crippen LogP contribution in [-0.2, 0) is 22.6 Å². The van der Waals surface area contributed by atoms with Crippen molar-refractivity contribution in [2.45, 2.75) is 38.6 Å². The molecule has 3 N–H and O–H groups in total. The van der Waals surface area contributed by atoms with Crippen LogP contribution in [0.2, 0.25) is 0 Å². The van der Waals surface area contributed by atoms with Crippen molar-refractivity contribution in [3.63, 3.8) is 0 Å². The van der Waals surface area contributed by atoms with Gasteiger partial charge < -0.3 is 25.0 Å². The first-order valence-electron chi connectivity index (χ1n) is 15.4. The minimum atomic E-state index is -0.549. The first kappa shape index (κ1) is 31.8. The zero-order valence-electron chi connectivity index (χ0n) is 25.6. The molecule has 0 radical (unpaired) electrons. The van der Waals surface area contributed by atoms with E-state index in [1.54, 1.807) is 11.8 Å². The highest BCUT2D eigenvalue weighted by molar-refractivity contribution is 7.99. The van der Waals surface area contributed by atoms with Gasteiger partial charge in [-0.05, 0) is 46.0 Å². The molecular weight excluding hydrogens is 598 g/mol. The zero-order chi connectivity index (χ0) is 31.9. The number of nitrogens with one attached hydrogen (secondary N) is 1. The second-order valence-electron chi connectivity index (χ2n) is 11.4. The topological polar surface area (TPSA) is 114 Å². The van der Waals surface area contributed by atoms with E-state index in [9.17, 15) is 15.0 Å². The summed E-state index contributed by atoms with van der Waals surface area (Å²) in [4.78, 5) is 21.6. The second kappa shape index (κ2) is 15.0. The molecule has 4 aromatic carbocycles. The van der Waals surface area contributed by atoms with Crippen LogP contribution in [0.3, 0.4) is 0 Å². The number of fused-ring (bicyclic) bond motifs is 1. The zero-order valence-corrected chi connectivity index (χ0v) is 26.4. The number of thioether (sulfide) groups is 1. The number of carbonyl (C=O) groups is 1. The van der Waals surface area contributed by atoms with E-state index in [1.807, 2.05) is 78.9 Å². The van der Waals surface area contributed by atoms with E-state index in [4.69, 9.17) is 9.47 Å². The van der Waals surface area contributed by atoms with Gasteiger partial charge in [0.2, 0.25) is 0 Å². The van der Waals surface area contributed by atoms with Crippen LogP contribution >= 0.6 is 11.8 Å². The van der Waals surface area contributed by atoms with Crippen molar-refractivity contribution in [2.24, 2.45) is 5.92 Å². The summed E-state index contributed by atoms with van der Waals surface area (Å²) >= 11 is 1.67. The van der Waals surface area contributed by atoms with Crippen LogP contribution in [0.15, 0.2) is 103 Å². The van der Waals surface area contributed by atoms with Crippen molar-refractivity contribution in [1.29, 1.82) is 0 Å². The molecule has 8 nitrogen and oxygen atoms in total. The van der Waals surface area contributed by atoms with Crippen molar-refractivity contribution >= 4 is 28.7 Å². The highest BCUT2D eigenvalue weighted by Crippen LogP contribution is 2.42. The first-order valence-corrected chi connectivity index (χ1v) is 16.6. The number of nitrogens with zero attached hydrogens (tertiary/aromatic N) is 2. The van der Waals surface area contributed by atoms with Gasteiger partial charge in [0.25, 0.3) is 5.91 Å². The van der Waals surface area contributed by atoms with Gasteiger partial charge in [-0.1, -0.05) is 85.8 Å². The molecule has 0 spiro atoms. The average molecular weight is 636 g/mol. The van der Waals surface area contributed by atoms with Crippen LogP contribution in [0.5, 0.6) is 0 Å². The summed E-state index contributed by atoms with van der Waals surface area (Å²) in [5.41, 5.74) is 7.57.